The number of unbranched alkanes of at least 4 members (excludes halogenated alkanes) is 1. The summed E-state index contributed by atoms with van der Waals surface area (Å²) in [7, 11) is 3.49. The van der Waals surface area contributed by atoms with Crippen molar-refractivity contribution in [1.82, 2.24) is 21.3 Å². The van der Waals surface area contributed by atoms with Gasteiger partial charge in [0.2, 0.25) is 11.8 Å². The summed E-state index contributed by atoms with van der Waals surface area (Å²) in [6, 6.07) is 5.72. The van der Waals surface area contributed by atoms with E-state index in [9.17, 15) is 24.3 Å². The van der Waals surface area contributed by atoms with Gasteiger partial charge in [0.15, 0.2) is 0 Å². The maximum absolute atomic E-state index is 12.1. The number of benzene rings is 1. The van der Waals surface area contributed by atoms with Crippen molar-refractivity contribution in [2.45, 2.75) is 31.7 Å². The number of nitrogens with one attached hydrogen (secondary N) is 5. The van der Waals surface area contributed by atoms with Crippen LogP contribution in [-0.2, 0) is 14.4 Å². The largest absolute Gasteiger partial charge is 0.480 e. The van der Waals surface area contributed by atoms with Crippen LogP contribution in [0.25, 0.3) is 0 Å². The second kappa shape index (κ2) is 13.9. The monoisotopic (exact) mass is 421 g/mol. The Balaban J connectivity index is 2.34. The van der Waals surface area contributed by atoms with Gasteiger partial charge in [-0.3, -0.25) is 14.4 Å². The molecule has 1 unspecified atom stereocenters. The number of rotatable bonds is 14. The molecular formula is C20H31N5O5. The molecule has 1 rings (SSSR count). The minimum Gasteiger partial charge on any atom is -0.480 e. The lowest BCUT2D eigenvalue weighted by Crippen LogP contribution is -2.45. The first-order valence-corrected chi connectivity index (χ1v) is 9.86. The molecule has 10 nitrogen and oxygen atoms in total. The van der Waals surface area contributed by atoms with Crippen LogP contribution in [0.5, 0.6) is 0 Å². The van der Waals surface area contributed by atoms with E-state index in [1.165, 1.54) is 0 Å². The average molecular weight is 421 g/mol. The van der Waals surface area contributed by atoms with Crippen LogP contribution in [-0.4, -0.2) is 68.6 Å². The lowest BCUT2D eigenvalue weighted by Gasteiger charge is -2.15. The normalized spacial score (nSPS) is 11.3. The zero-order valence-corrected chi connectivity index (χ0v) is 17.4. The maximum atomic E-state index is 12.1. The fourth-order valence-corrected chi connectivity index (χ4v) is 2.61. The van der Waals surface area contributed by atoms with Gasteiger partial charge in [0.05, 0.1) is 6.54 Å². The molecule has 3 amide bonds. The lowest BCUT2D eigenvalue weighted by atomic mass is 10.1. The summed E-state index contributed by atoms with van der Waals surface area (Å²) < 4.78 is 0. The van der Waals surface area contributed by atoms with Gasteiger partial charge < -0.3 is 31.7 Å². The minimum absolute atomic E-state index is 0.0663. The molecule has 1 aromatic rings. The van der Waals surface area contributed by atoms with Crippen LogP contribution in [0.15, 0.2) is 24.3 Å². The van der Waals surface area contributed by atoms with Crippen LogP contribution in [0.4, 0.5) is 5.69 Å². The minimum atomic E-state index is -1.14. The highest BCUT2D eigenvalue weighted by molar-refractivity contribution is 5.97. The molecule has 0 aliphatic carbocycles. The Hall–Kier alpha value is -3.14. The number of anilines is 1. The smallest absolute Gasteiger partial charge is 0.326 e. The van der Waals surface area contributed by atoms with Crippen LogP contribution in [0.3, 0.4) is 0 Å². The summed E-state index contributed by atoms with van der Waals surface area (Å²) in [6.07, 6.45) is 1.73. The average Bonchev–Trinajstić information content (AvgIpc) is 2.74. The first kappa shape index (κ1) is 24.9. The van der Waals surface area contributed by atoms with Gasteiger partial charge in [-0.2, -0.15) is 0 Å². The summed E-state index contributed by atoms with van der Waals surface area (Å²) in [5.74, 6) is -2.22. The van der Waals surface area contributed by atoms with Crippen molar-refractivity contribution < 1.29 is 24.3 Å². The van der Waals surface area contributed by atoms with Gasteiger partial charge in [-0.05, 0) is 44.5 Å². The van der Waals surface area contributed by atoms with E-state index in [2.05, 4.69) is 26.6 Å². The first-order chi connectivity index (χ1) is 14.4. The SMILES string of the molecule is CNCCC(=O)NCCCCC(NC(=O)CNC(=O)c1cccc(NC)c1)C(=O)O. The number of carbonyl (C=O) groups excluding carboxylic acids is 3. The van der Waals surface area contributed by atoms with E-state index in [-0.39, 0.29) is 18.9 Å². The highest BCUT2D eigenvalue weighted by Crippen LogP contribution is 2.09. The standard InChI is InChI=1S/C20H31N5O5/c1-21-11-9-17(26)23-10-4-3-8-16(20(29)30)25-18(27)13-24-19(28)14-6-5-7-15(12-14)22-2/h5-7,12,16,21-22H,3-4,8-11,13H2,1-2H3,(H,23,26)(H,24,28)(H,25,27)(H,29,30). The van der Waals surface area contributed by atoms with Gasteiger partial charge in [0.1, 0.15) is 6.04 Å². The lowest BCUT2D eigenvalue weighted by molar-refractivity contribution is -0.141. The van der Waals surface area contributed by atoms with Gasteiger partial charge >= 0.3 is 5.97 Å². The molecule has 166 valence electrons. The van der Waals surface area contributed by atoms with Crippen molar-refractivity contribution in [1.29, 1.82) is 0 Å². The molecule has 6 N–H and O–H groups in total. The Labute approximate surface area is 176 Å². The summed E-state index contributed by atoms with van der Waals surface area (Å²) in [6.45, 7) is 0.717. The van der Waals surface area contributed by atoms with Crippen molar-refractivity contribution in [2.75, 3.05) is 39.0 Å². The molecule has 0 bridgehead atoms. The Kier molecular flexibility index (Phi) is 11.6. The summed E-state index contributed by atoms with van der Waals surface area (Å²) >= 11 is 0. The van der Waals surface area contributed by atoms with E-state index >= 15 is 0 Å². The molecule has 0 radical (unpaired) electrons. The molecule has 0 aliphatic heterocycles. The van der Waals surface area contributed by atoms with Crippen LogP contribution in [0.2, 0.25) is 0 Å². The number of aliphatic carboxylic acids is 1. The predicted octanol–water partition coefficient (Wildman–Crippen LogP) is -0.0765. The van der Waals surface area contributed by atoms with E-state index < -0.39 is 23.8 Å². The van der Waals surface area contributed by atoms with Crippen molar-refractivity contribution in [3.05, 3.63) is 29.8 Å². The number of carboxylic acid groups (broad SMARTS) is 1. The third-order valence-corrected chi connectivity index (χ3v) is 4.30. The molecule has 30 heavy (non-hydrogen) atoms. The Bertz CT molecular complexity index is 725. The van der Waals surface area contributed by atoms with Crippen LogP contribution in [0, 0.1) is 0 Å². The zero-order valence-electron chi connectivity index (χ0n) is 17.4. The van der Waals surface area contributed by atoms with Gasteiger partial charge in [-0.25, -0.2) is 4.79 Å². The van der Waals surface area contributed by atoms with Crippen molar-refractivity contribution in [3.63, 3.8) is 0 Å². The predicted molar refractivity (Wildman–Crippen MR) is 113 cm³/mol. The van der Waals surface area contributed by atoms with Crippen molar-refractivity contribution in [2.24, 2.45) is 0 Å². The third-order valence-electron chi connectivity index (χ3n) is 4.30. The van der Waals surface area contributed by atoms with Gasteiger partial charge in [-0.15, -0.1) is 0 Å². The van der Waals surface area contributed by atoms with Gasteiger partial charge in [0, 0.05) is 37.8 Å². The Morgan fingerprint density at radius 2 is 1.77 bits per heavy atom. The molecule has 0 saturated heterocycles. The number of amides is 3. The van der Waals surface area contributed by atoms with Crippen molar-refractivity contribution in [3.8, 4) is 0 Å². The first-order valence-electron chi connectivity index (χ1n) is 9.86. The van der Waals surface area contributed by atoms with Gasteiger partial charge in [-0.1, -0.05) is 6.07 Å². The molecule has 1 aromatic carbocycles. The summed E-state index contributed by atoms with van der Waals surface area (Å²) in [4.78, 5) is 47.0. The highest BCUT2D eigenvalue weighted by atomic mass is 16.4. The topological polar surface area (TPSA) is 149 Å². The van der Waals surface area contributed by atoms with Crippen molar-refractivity contribution >= 4 is 29.4 Å². The molecule has 0 heterocycles. The second-order valence-electron chi connectivity index (χ2n) is 6.67. The molecule has 0 aromatic heterocycles. The molecule has 0 spiro atoms. The number of carboxylic acids is 1. The molecule has 1 atom stereocenters. The third kappa shape index (κ3) is 9.87. The highest BCUT2D eigenvalue weighted by Gasteiger charge is 2.19. The fraction of sp³-hybridized carbons (Fsp3) is 0.500. The van der Waals surface area contributed by atoms with Crippen LogP contribution >= 0.6 is 0 Å². The number of hydrogen-bond acceptors (Lipinski definition) is 6. The molecule has 0 aliphatic rings. The van der Waals surface area contributed by atoms with Crippen LogP contribution in [0.1, 0.15) is 36.0 Å². The quantitative estimate of drug-likeness (QED) is 0.230. The van der Waals surface area contributed by atoms with E-state index in [0.29, 0.717) is 37.9 Å². The Morgan fingerprint density at radius 1 is 1.00 bits per heavy atom. The molecular weight excluding hydrogens is 390 g/mol. The number of hydrogen-bond donors (Lipinski definition) is 6. The van der Waals surface area contributed by atoms with E-state index in [4.69, 9.17) is 0 Å². The molecule has 0 fully saturated rings. The maximum Gasteiger partial charge on any atom is 0.326 e. The van der Waals surface area contributed by atoms with Crippen LogP contribution < -0.4 is 26.6 Å². The van der Waals surface area contributed by atoms with E-state index in [0.717, 1.165) is 5.69 Å². The molecule has 10 heteroatoms. The molecule has 0 saturated carbocycles. The van der Waals surface area contributed by atoms with E-state index in [1.54, 1.807) is 38.4 Å². The number of carbonyl (C=O) groups is 4. The summed E-state index contributed by atoms with van der Waals surface area (Å²) in [5.41, 5.74) is 1.15. The Morgan fingerprint density at radius 3 is 2.43 bits per heavy atom. The zero-order chi connectivity index (χ0) is 22.4. The fourth-order valence-electron chi connectivity index (χ4n) is 2.61. The summed E-state index contributed by atoms with van der Waals surface area (Å²) in [5, 5.41) is 22.7. The van der Waals surface area contributed by atoms with E-state index in [1.807, 2.05) is 0 Å². The van der Waals surface area contributed by atoms with Gasteiger partial charge in [0.25, 0.3) is 5.91 Å². The second-order valence-corrected chi connectivity index (χ2v) is 6.67.